The standard InChI is InChI=1S/C28H17Cl2N3O4S2/c29-18-10-8-15(9-11-18)14-38-28-32-31-27(39-28)33-23(17-5-3-6-19(30)12-17)22(25(35)26(33)36)24(34)21-13-16-4-1-2-7-20(16)37-21/h1-13,23,35H,14H2. The molecule has 194 valence electrons. The van der Waals surface area contributed by atoms with Crippen LogP contribution >= 0.6 is 46.3 Å². The highest BCUT2D eigenvalue weighted by molar-refractivity contribution is 8.00. The van der Waals surface area contributed by atoms with Crippen molar-refractivity contribution in [1.29, 1.82) is 0 Å². The molecule has 0 aliphatic carbocycles. The van der Waals surface area contributed by atoms with Crippen LogP contribution in [0.3, 0.4) is 0 Å². The first-order chi connectivity index (χ1) is 18.9. The fourth-order valence-corrected chi connectivity index (χ4v) is 6.49. The molecule has 1 amide bonds. The second kappa shape index (κ2) is 10.5. The van der Waals surface area contributed by atoms with Crippen LogP contribution in [0.15, 0.2) is 99.0 Å². The molecule has 11 heteroatoms. The molecule has 3 heterocycles. The highest BCUT2D eigenvalue weighted by Crippen LogP contribution is 2.44. The quantitative estimate of drug-likeness (QED) is 0.117. The number of carbonyl (C=O) groups excluding carboxylic acids is 2. The van der Waals surface area contributed by atoms with E-state index in [0.717, 1.165) is 10.9 Å². The minimum absolute atomic E-state index is 0.0101. The van der Waals surface area contributed by atoms with Gasteiger partial charge in [-0.3, -0.25) is 14.5 Å². The molecule has 0 radical (unpaired) electrons. The number of carbonyl (C=O) groups is 2. The van der Waals surface area contributed by atoms with Crippen molar-refractivity contribution in [2.45, 2.75) is 16.1 Å². The van der Waals surface area contributed by atoms with Gasteiger partial charge >= 0.3 is 0 Å². The molecular weight excluding hydrogens is 577 g/mol. The van der Waals surface area contributed by atoms with E-state index < -0.39 is 23.5 Å². The highest BCUT2D eigenvalue weighted by atomic mass is 35.5. The third-order valence-electron chi connectivity index (χ3n) is 6.14. The average molecular weight is 595 g/mol. The van der Waals surface area contributed by atoms with Crippen LogP contribution < -0.4 is 4.90 Å². The monoisotopic (exact) mass is 593 g/mol. The van der Waals surface area contributed by atoms with Gasteiger partial charge in [-0.2, -0.15) is 0 Å². The molecule has 39 heavy (non-hydrogen) atoms. The zero-order valence-corrected chi connectivity index (χ0v) is 23.0. The number of amides is 1. The second-order valence-corrected chi connectivity index (χ2v) is 11.7. The van der Waals surface area contributed by atoms with Gasteiger partial charge in [-0.05, 0) is 47.5 Å². The van der Waals surface area contributed by atoms with Crippen molar-refractivity contribution in [3.63, 3.8) is 0 Å². The molecule has 1 N–H and O–H groups in total. The van der Waals surface area contributed by atoms with E-state index in [1.54, 1.807) is 42.5 Å². The SMILES string of the molecule is O=C(C1=C(O)C(=O)N(c2nnc(SCc3ccc(Cl)cc3)s2)C1c1cccc(Cl)c1)c1cc2ccccc2o1. The summed E-state index contributed by atoms with van der Waals surface area (Å²) in [6, 6.07) is 22.1. The van der Waals surface area contributed by atoms with Crippen molar-refractivity contribution in [2.75, 3.05) is 4.90 Å². The number of furan rings is 1. The number of hydrogen-bond acceptors (Lipinski definition) is 8. The molecule has 0 spiro atoms. The third-order valence-corrected chi connectivity index (χ3v) is 8.76. The summed E-state index contributed by atoms with van der Waals surface area (Å²) in [6.45, 7) is 0. The number of anilines is 1. The van der Waals surface area contributed by atoms with Crippen LogP contribution in [0.2, 0.25) is 10.0 Å². The first-order valence-electron chi connectivity index (χ1n) is 11.7. The Morgan fingerprint density at radius 3 is 2.56 bits per heavy atom. The van der Waals surface area contributed by atoms with E-state index >= 15 is 0 Å². The Hall–Kier alpha value is -3.63. The Balaban J connectivity index is 1.36. The van der Waals surface area contributed by atoms with Crippen molar-refractivity contribution in [3.8, 4) is 0 Å². The van der Waals surface area contributed by atoms with Gasteiger partial charge in [0.1, 0.15) is 5.58 Å². The van der Waals surface area contributed by atoms with E-state index in [1.807, 2.05) is 36.4 Å². The van der Waals surface area contributed by atoms with Crippen molar-refractivity contribution < 1.29 is 19.1 Å². The van der Waals surface area contributed by atoms with Crippen LogP contribution in [0.5, 0.6) is 0 Å². The summed E-state index contributed by atoms with van der Waals surface area (Å²) in [6.07, 6.45) is 0. The lowest BCUT2D eigenvalue weighted by molar-refractivity contribution is -0.117. The number of aliphatic hydroxyl groups excluding tert-OH is 1. The number of benzene rings is 3. The molecule has 3 aromatic carbocycles. The molecular formula is C28H17Cl2N3O4S2. The van der Waals surface area contributed by atoms with Crippen molar-refractivity contribution in [3.05, 3.63) is 117 Å². The molecule has 1 atom stereocenters. The van der Waals surface area contributed by atoms with E-state index in [0.29, 0.717) is 31.3 Å². The number of ketones is 1. The number of fused-ring (bicyclic) bond motifs is 1. The lowest BCUT2D eigenvalue weighted by Crippen LogP contribution is -2.31. The number of halogens is 2. The molecule has 0 saturated heterocycles. The number of para-hydroxylation sites is 1. The fourth-order valence-electron chi connectivity index (χ4n) is 4.34. The maximum Gasteiger partial charge on any atom is 0.296 e. The van der Waals surface area contributed by atoms with Gasteiger partial charge in [0.15, 0.2) is 15.9 Å². The lowest BCUT2D eigenvalue weighted by atomic mass is 9.95. The first kappa shape index (κ1) is 25.6. The molecule has 1 aliphatic rings. The van der Waals surface area contributed by atoms with Gasteiger partial charge in [0, 0.05) is 21.2 Å². The van der Waals surface area contributed by atoms with Crippen LogP contribution in [0.1, 0.15) is 27.7 Å². The number of aromatic nitrogens is 2. The summed E-state index contributed by atoms with van der Waals surface area (Å²) in [5.74, 6) is -1.40. The van der Waals surface area contributed by atoms with Gasteiger partial charge < -0.3 is 9.52 Å². The van der Waals surface area contributed by atoms with E-state index in [-0.39, 0.29) is 16.5 Å². The van der Waals surface area contributed by atoms with Crippen molar-refractivity contribution in [2.24, 2.45) is 0 Å². The lowest BCUT2D eigenvalue weighted by Gasteiger charge is -2.23. The zero-order chi connectivity index (χ0) is 27.1. The smallest absolute Gasteiger partial charge is 0.296 e. The summed E-state index contributed by atoms with van der Waals surface area (Å²) in [4.78, 5) is 28.5. The zero-order valence-electron chi connectivity index (χ0n) is 19.9. The Labute approximate surface area is 240 Å². The minimum Gasteiger partial charge on any atom is -0.503 e. The number of thioether (sulfide) groups is 1. The predicted octanol–water partition coefficient (Wildman–Crippen LogP) is 7.67. The van der Waals surface area contributed by atoms with Gasteiger partial charge in [0.25, 0.3) is 5.91 Å². The predicted molar refractivity (Wildman–Crippen MR) is 153 cm³/mol. The second-order valence-electron chi connectivity index (χ2n) is 8.64. The van der Waals surface area contributed by atoms with Crippen LogP contribution in [-0.4, -0.2) is 27.0 Å². The maximum atomic E-state index is 13.7. The largest absolute Gasteiger partial charge is 0.503 e. The van der Waals surface area contributed by atoms with Crippen LogP contribution in [0.4, 0.5) is 5.13 Å². The molecule has 0 bridgehead atoms. The first-order valence-corrected chi connectivity index (χ1v) is 14.2. The average Bonchev–Trinajstić information content (AvgIpc) is 3.64. The van der Waals surface area contributed by atoms with Gasteiger partial charge in [-0.1, -0.05) is 88.8 Å². The Morgan fingerprint density at radius 2 is 1.79 bits per heavy atom. The van der Waals surface area contributed by atoms with Gasteiger partial charge in [-0.25, -0.2) is 0 Å². The fraction of sp³-hybridized carbons (Fsp3) is 0.0714. The number of rotatable bonds is 7. The Morgan fingerprint density at radius 1 is 1.00 bits per heavy atom. The summed E-state index contributed by atoms with van der Waals surface area (Å²) >= 11 is 14.9. The topological polar surface area (TPSA) is 96.5 Å². The summed E-state index contributed by atoms with van der Waals surface area (Å²) in [5.41, 5.74) is 1.98. The van der Waals surface area contributed by atoms with Gasteiger partial charge in [-0.15, -0.1) is 10.2 Å². The molecule has 7 nitrogen and oxygen atoms in total. The normalized spacial score (nSPS) is 15.5. The van der Waals surface area contributed by atoms with E-state index in [4.69, 9.17) is 27.6 Å². The molecule has 5 aromatic rings. The Kier molecular flexibility index (Phi) is 6.90. The molecule has 2 aromatic heterocycles. The molecule has 6 rings (SSSR count). The van der Waals surface area contributed by atoms with Crippen molar-refractivity contribution >= 4 is 74.1 Å². The van der Waals surface area contributed by atoms with Crippen LogP contribution in [0.25, 0.3) is 11.0 Å². The number of nitrogens with zero attached hydrogens (tertiary/aromatic N) is 3. The van der Waals surface area contributed by atoms with E-state index in [2.05, 4.69) is 10.2 Å². The molecule has 0 saturated carbocycles. The molecule has 1 unspecified atom stereocenters. The summed E-state index contributed by atoms with van der Waals surface area (Å²) in [5, 5.41) is 21.5. The maximum absolute atomic E-state index is 13.7. The van der Waals surface area contributed by atoms with Crippen LogP contribution in [0, 0.1) is 0 Å². The third kappa shape index (κ3) is 4.94. The number of Topliss-reactive ketones (excluding diaryl/α,β-unsaturated/α-hetero) is 1. The molecule has 1 aliphatic heterocycles. The van der Waals surface area contributed by atoms with Gasteiger partial charge in [0.2, 0.25) is 10.9 Å². The van der Waals surface area contributed by atoms with Crippen molar-refractivity contribution in [1.82, 2.24) is 10.2 Å². The Bertz CT molecular complexity index is 1730. The highest BCUT2D eigenvalue weighted by Gasteiger charge is 2.46. The van der Waals surface area contributed by atoms with Crippen LogP contribution in [-0.2, 0) is 10.5 Å². The number of hydrogen-bond donors (Lipinski definition) is 1. The van der Waals surface area contributed by atoms with E-state index in [1.165, 1.54) is 28.0 Å². The summed E-state index contributed by atoms with van der Waals surface area (Å²) < 4.78 is 6.39. The minimum atomic E-state index is -0.987. The van der Waals surface area contributed by atoms with E-state index in [9.17, 15) is 14.7 Å². The van der Waals surface area contributed by atoms with Gasteiger partial charge in [0.05, 0.1) is 11.6 Å². The molecule has 0 fully saturated rings. The number of aliphatic hydroxyl groups is 1. The summed E-state index contributed by atoms with van der Waals surface area (Å²) in [7, 11) is 0.